The summed E-state index contributed by atoms with van der Waals surface area (Å²) in [6.07, 6.45) is -1.35. The minimum absolute atomic E-state index is 0.281. The van der Waals surface area contributed by atoms with Gasteiger partial charge in [0, 0.05) is 0 Å². The topological polar surface area (TPSA) is 54.0 Å². The van der Waals surface area contributed by atoms with Crippen LogP contribution in [0.5, 0.6) is 0 Å². The van der Waals surface area contributed by atoms with Crippen molar-refractivity contribution in [2.75, 3.05) is 13.7 Å². The van der Waals surface area contributed by atoms with Crippen molar-refractivity contribution < 1.29 is 23.7 Å². The first-order valence-electron chi connectivity index (χ1n) is 8.28. The molecule has 1 fully saturated rings. The molecule has 1 heterocycles. The summed E-state index contributed by atoms with van der Waals surface area (Å²) in [5.41, 5.74) is 2.13. The highest BCUT2D eigenvalue weighted by Crippen LogP contribution is 2.27. The molecule has 5 nitrogen and oxygen atoms in total. The van der Waals surface area contributed by atoms with Crippen LogP contribution in [0.2, 0.25) is 0 Å². The van der Waals surface area contributed by atoms with Crippen molar-refractivity contribution in [3.63, 3.8) is 0 Å². The van der Waals surface area contributed by atoms with Crippen LogP contribution in [0.1, 0.15) is 11.1 Å². The van der Waals surface area contributed by atoms with E-state index in [4.69, 9.17) is 18.9 Å². The summed E-state index contributed by atoms with van der Waals surface area (Å²) in [5, 5.41) is 0. The Morgan fingerprint density at radius 1 is 0.960 bits per heavy atom. The lowest BCUT2D eigenvalue weighted by atomic mass is 10.0. The third-order valence-electron chi connectivity index (χ3n) is 4.10. The highest BCUT2D eigenvalue weighted by Gasteiger charge is 2.48. The third-order valence-corrected chi connectivity index (χ3v) is 4.10. The number of carbonyl (C=O) groups excluding carboxylic acids is 1. The van der Waals surface area contributed by atoms with Crippen molar-refractivity contribution in [3.8, 4) is 0 Å². The minimum Gasteiger partial charge on any atom is -0.467 e. The van der Waals surface area contributed by atoms with Crippen molar-refractivity contribution in [1.82, 2.24) is 0 Å². The van der Waals surface area contributed by atoms with Crippen molar-refractivity contribution in [2.24, 2.45) is 0 Å². The van der Waals surface area contributed by atoms with E-state index in [1.54, 1.807) is 0 Å². The van der Waals surface area contributed by atoms with Gasteiger partial charge in [-0.25, -0.2) is 4.79 Å². The fourth-order valence-corrected chi connectivity index (χ4v) is 2.72. The fourth-order valence-electron chi connectivity index (χ4n) is 2.72. The van der Waals surface area contributed by atoms with Gasteiger partial charge in [0.05, 0.1) is 26.9 Å². The Bertz CT molecular complexity index is 658. The molecule has 132 valence electrons. The summed E-state index contributed by atoms with van der Waals surface area (Å²) in [6, 6.07) is 19.7. The lowest BCUT2D eigenvalue weighted by Gasteiger charge is -2.42. The molecule has 0 saturated carbocycles. The number of rotatable bonds is 8. The molecule has 1 aliphatic rings. The predicted octanol–water partition coefficient (Wildman–Crippen LogP) is 2.73. The minimum atomic E-state index is -0.695. The van der Waals surface area contributed by atoms with Gasteiger partial charge in [-0.2, -0.15) is 0 Å². The molecule has 25 heavy (non-hydrogen) atoms. The standard InChI is InChI=1S/C20H22O5/c1-22-20(21)19-18(24-13-16-10-6-3-7-11-16)17(25-19)14-23-12-15-8-4-2-5-9-15/h2-11,17-19H,12-14H2,1H3/t17-,18-,19-/m1/s1. The van der Waals surface area contributed by atoms with Crippen molar-refractivity contribution in [1.29, 1.82) is 0 Å². The summed E-state index contributed by atoms with van der Waals surface area (Å²) in [5.74, 6) is -0.419. The van der Waals surface area contributed by atoms with Crippen LogP contribution in [0.4, 0.5) is 0 Å². The van der Waals surface area contributed by atoms with E-state index in [1.807, 2.05) is 60.7 Å². The average Bonchev–Trinajstić information content (AvgIpc) is 2.65. The molecule has 2 aromatic rings. The Labute approximate surface area is 147 Å². The number of ether oxygens (including phenoxy) is 4. The summed E-state index contributed by atoms with van der Waals surface area (Å²) in [4.78, 5) is 11.8. The lowest BCUT2D eigenvalue weighted by molar-refractivity contribution is -0.260. The highest BCUT2D eigenvalue weighted by molar-refractivity contribution is 5.76. The summed E-state index contributed by atoms with van der Waals surface area (Å²) < 4.78 is 22.0. The van der Waals surface area contributed by atoms with Crippen molar-refractivity contribution in [3.05, 3.63) is 71.8 Å². The van der Waals surface area contributed by atoms with Crippen LogP contribution in [0.3, 0.4) is 0 Å². The molecule has 0 radical (unpaired) electrons. The van der Waals surface area contributed by atoms with E-state index in [0.29, 0.717) is 19.8 Å². The quantitative estimate of drug-likeness (QED) is 0.691. The molecular formula is C20H22O5. The van der Waals surface area contributed by atoms with Gasteiger partial charge in [-0.3, -0.25) is 0 Å². The van der Waals surface area contributed by atoms with Crippen LogP contribution in [-0.2, 0) is 37.0 Å². The summed E-state index contributed by atoms with van der Waals surface area (Å²) in [6.45, 7) is 1.27. The van der Waals surface area contributed by atoms with Gasteiger partial charge in [0.1, 0.15) is 12.2 Å². The van der Waals surface area contributed by atoms with Gasteiger partial charge in [0.15, 0.2) is 6.10 Å². The zero-order valence-electron chi connectivity index (χ0n) is 14.2. The smallest absolute Gasteiger partial charge is 0.337 e. The van der Waals surface area contributed by atoms with Crippen LogP contribution >= 0.6 is 0 Å². The molecule has 3 atom stereocenters. The Kier molecular flexibility index (Phi) is 6.17. The van der Waals surface area contributed by atoms with E-state index in [9.17, 15) is 4.79 Å². The first-order valence-corrected chi connectivity index (χ1v) is 8.28. The van der Waals surface area contributed by atoms with Crippen molar-refractivity contribution >= 4 is 5.97 Å². The maximum absolute atomic E-state index is 11.8. The maximum atomic E-state index is 11.8. The van der Waals surface area contributed by atoms with E-state index in [-0.39, 0.29) is 12.2 Å². The molecule has 5 heteroatoms. The number of methoxy groups -OCH3 is 1. The van der Waals surface area contributed by atoms with Gasteiger partial charge in [-0.05, 0) is 11.1 Å². The second-order valence-corrected chi connectivity index (χ2v) is 5.88. The van der Waals surface area contributed by atoms with E-state index in [1.165, 1.54) is 7.11 Å². The summed E-state index contributed by atoms with van der Waals surface area (Å²) in [7, 11) is 1.35. The second-order valence-electron chi connectivity index (χ2n) is 5.88. The van der Waals surface area contributed by atoms with Crippen LogP contribution in [0.15, 0.2) is 60.7 Å². The summed E-state index contributed by atoms with van der Waals surface area (Å²) >= 11 is 0. The van der Waals surface area contributed by atoms with Gasteiger partial charge in [-0.1, -0.05) is 60.7 Å². The van der Waals surface area contributed by atoms with E-state index >= 15 is 0 Å². The molecule has 0 amide bonds. The zero-order valence-corrected chi connectivity index (χ0v) is 14.2. The van der Waals surface area contributed by atoms with Gasteiger partial charge in [0.25, 0.3) is 0 Å². The fraction of sp³-hybridized carbons (Fsp3) is 0.350. The molecule has 0 aromatic heterocycles. The van der Waals surface area contributed by atoms with E-state index in [0.717, 1.165) is 11.1 Å². The van der Waals surface area contributed by atoms with Gasteiger partial charge < -0.3 is 18.9 Å². The maximum Gasteiger partial charge on any atom is 0.337 e. The number of hydrogen-bond acceptors (Lipinski definition) is 5. The largest absolute Gasteiger partial charge is 0.467 e. The van der Waals surface area contributed by atoms with E-state index < -0.39 is 12.1 Å². The first kappa shape index (κ1) is 17.6. The van der Waals surface area contributed by atoms with Crippen molar-refractivity contribution in [2.45, 2.75) is 31.5 Å². The molecule has 0 N–H and O–H groups in total. The van der Waals surface area contributed by atoms with Crippen LogP contribution in [-0.4, -0.2) is 38.0 Å². The number of hydrogen-bond donors (Lipinski definition) is 0. The molecule has 0 bridgehead atoms. The second kappa shape index (κ2) is 8.76. The molecule has 1 saturated heterocycles. The molecule has 2 aromatic carbocycles. The lowest BCUT2D eigenvalue weighted by Crippen LogP contribution is -2.60. The molecule has 1 aliphatic heterocycles. The normalized spacial score (nSPS) is 22.2. The van der Waals surface area contributed by atoms with Crippen LogP contribution in [0, 0.1) is 0 Å². The third kappa shape index (κ3) is 4.66. The Balaban J connectivity index is 1.52. The predicted molar refractivity (Wildman–Crippen MR) is 91.8 cm³/mol. The Morgan fingerprint density at radius 3 is 2.16 bits per heavy atom. The van der Waals surface area contributed by atoms with Crippen LogP contribution < -0.4 is 0 Å². The number of benzene rings is 2. The Morgan fingerprint density at radius 2 is 1.56 bits per heavy atom. The first-order chi connectivity index (χ1) is 12.3. The number of carbonyl (C=O) groups is 1. The van der Waals surface area contributed by atoms with Crippen LogP contribution in [0.25, 0.3) is 0 Å². The number of esters is 1. The monoisotopic (exact) mass is 342 g/mol. The molecular weight excluding hydrogens is 320 g/mol. The molecule has 0 spiro atoms. The molecule has 3 rings (SSSR count). The van der Waals surface area contributed by atoms with Gasteiger partial charge in [0.2, 0.25) is 0 Å². The average molecular weight is 342 g/mol. The van der Waals surface area contributed by atoms with Gasteiger partial charge in [-0.15, -0.1) is 0 Å². The molecule has 0 aliphatic carbocycles. The molecule has 0 unspecified atom stereocenters. The SMILES string of the molecule is COC(=O)[C@@H]1O[C@H](COCc2ccccc2)[C@H]1OCc1ccccc1. The van der Waals surface area contributed by atoms with E-state index in [2.05, 4.69) is 0 Å². The zero-order chi connectivity index (χ0) is 17.5. The Hall–Kier alpha value is -2.21. The highest BCUT2D eigenvalue weighted by atomic mass is 16.6. The van der Waals surface area contributed by atoms with Gasteiger partial charge >= 0.3 is 5.97 Å².